The number of hydrogen-bond acceptors (Lipinski definition) is 8. The number of likely N-dealkylation sites (tertiary alicyclic amines) is 1. The van der Waals surface area contributed by atoms with Crippen molar-refractivity contribution >= 4 is 23.6 Å². The maximum absolute atomic E-state index is 12.3. The van der Waals surface area contributed by atoms with Gasteiger partial charge in [0.15, 0.2) is 0 Å². The molecule has 0 radical (unpaired) electrons. The van der Waals surface area contributed by atoms with E-state index in [2.05, 4.69) is 20.7 Å². The largest absolute Gasteiger partial charge is 0.444 e. The van der Waals surface area contributed by atoms with Gasteiger partial charge in [0.25, 0.3) is 5.91 Å². The Balaban J connectivity index is 1.39. The van der Waals surface area contributed by atoms with Crippen molar-refractivity contribution in [1.29, 1.82) is 0 Å². The highest BCUT2D eigenvalue weighted by Gasteiger charge is 2.28. The lowest BCUT2D eigenvalue weighted by molar-refractivity contribution is 0.0184. The Morgan fingerprint density at radius 3 is 2.49 bits per heavy atom. The van der Waals surface area contributed by atoms with Crippen molar-refractivity contribution in [2.45, 2.75) is 52.2 Å². The van der Waals surface area contributed by atoms with Crippen LogP contribution < -0.4 is 16.4 Å². The van der Waals surface area contributed by atoms with Gasteiger partial charge in [0, 0.05) is 36.6 Å². The minimum atomic E-state index is -0.501. The Bertz CT molecular complexity index is 1240. The molecule has 11 nitrogen and oxygen atoms in total. The molecule has 0 spiro atoms. The van der Waals surface area contributed by atoms with Crippen LogP contribution in [0.2, 0.25) is 0 Å². The van der Waals surface area contributed by atoms with Crippen LogP contribution in [0, 0.1) is 6.92 Å². The first kappa shape index (κ1) is 26.1. The van der Waals surface area contributed by atoms with Gasteiger partial charge in [0.05, 0.1) is 30.3 Å². The molecule has 1 fully saturated rings. The standard InChI is InChI=1S/C26H34N8O3/c1-17-13-28-24(32-22(17)18-5-7-19(8-6-18)23(35)29-16-27)31-20-14-30-34(15-20)21-9-11-33(12-10-21)25(36)37-26(2,3)4/h5-8,13-15,21H,9-12,16,27H2,1-4H3,(H,29,35)(H,28,31,32). The lowest BCUT2D eigenvalue weighted by atomic mass is 10.1. The number of carbonyl (C=O) groups is 2. The third-order valence-corrected chi connectivity index (χ3v) is 6.00. The molecule has 4 rings (SSSR count). The number of anilines is 2. The first-order valence-electron chi connectivity index (χ1n) is 12.3. The monoisotopic (exact) mass is 506 g/mol. The summed E-state index contributed by atoms with van der Waals surface area (Å²) >= 11 is 0. The number of rotatable bonds is 6. The molecule has 1 saturated heterocycles. The van der Waals surface area contributed by atoms with E-state index in [1.807, 2.05) is 50.7 Å². The zero-order valence-electron chi connectivity index (χ0n) is 21.7. The van der Waals surface area contributed by atoms with Gasteiger partial charge in [-0.2, -0.15) is 5.10 Å². The Labute approximate surface area is 216 Å². The molecule has 4 N–H and O–H groups in total. The van der Waals surface area contributed by atoms with E-state index in [4.69, 9.17) is 15.5 Å². The van der Waals surface area contributed by atoms with Gasteiger partial charge < -0.3 is 26.0 Å². The zero-order chi connectivity index (χ0) is 26.6. The summed E-state index contributed by atoms with van der Waals surface area (Å²) in [6.45, 7) is 8.89. The Morgan fingerprint density at radius 1 is 1.14 bits per heavy atom. The molecule has 37 heavy (non-hydrogen) atoms. The maximum atomic E-state index is 12.3. The van der Waals surface area contributed by atoms with Crippen molar-refractivity contribution in [2.75, 3.05) is 25.1 Å². The average molecular weight is 507 g/mol. The number of hydrogen-bond donors (Lipinski definition) is 3. The summed E-state index contributed by atoms with van der Waals surface area (Å²) in [6, 6.07) is 7.39. The SMILES string of the molecule is Cc1cnc(Nc2cnn(C3CCN(C(=O)OC(C)(C)C)CC3)c2)nc1-c1ccc(C(=O)NCN)cc1. The van der Waals surface area contributed by atoms with Crippen LogP contribution >= 0.6 is 0 Å². The van der Waals surface area contributed by atoms with Gasteiger partial charge in [-0.25, -0.2) is 14.8 Å². The second kappa shape index (κ2) is 11.0. The fraction of sp³-hybridized carbons (Fsp3) is 0.423. The van der Waals surface area contributed by atoms with Crippen molar-refractivity contribution < 1.29 is 14.3 Å². The van der Waals surface area contributed by atoms with Crippen molar-refractivity contribution in [3.63, 3.8) is 0 Å². The molecular weight excluding hydrogens is 472 g/mol. The number of aromatic nitrogens is 4. The second-order valence-electron chi connectivity index (χ2n) is 10.0. The number of nitrogens with one attached hydrogen (secondary N) is 2. The fourth-order valence-corrected chi connectivity index (χ4v) is 4.14. The van der Waals surface area contributed by atoms with Gasteiger partial charge in [-0.1, -0.05) is 12.1 Å². The normalized spacial score (nSPS) is 14.4. The van der Waals surface area contributed by atoms with Gasteiger partial charge in [-0.3, -0.25) is 9.48 Å². The van der Waals surface area contributed by atoms with E-state index in [1.165, 1.54) is 0 Å². The van der Waals surface area contributed by atoms with Crippen LogP contribution in [0.3, 0.4) is 0 Å². The predicted molar refractivity (Wildman–Crippen MR) is 140 cm³/mol. The molecule has 1 aliphatic heterocycles. The number of carbonyl (C=O) groups excluding carboxylic acids is 2. The average Bonchev–Trinajstić information content (AvgIpc) is 3.33. The number of amides is 2. The van der Waals surface area contributed by atoms with Gasteiger partial charge in [-0.15, -0.1) is 0 Å². The van der Waals surface area contributed by atoms with Gasteiger partial charge >= 0.3 is 6.09 Å². The van der Waals surface area contributed by atoms with Crippen molar-refractivity contribution in [1.82, 2.24) is 30.0 Å². The molecule has 0 unspecified atom stereocenters. The number of benzene rings is 1. The number of aryl methyl sites for hydroxylation is 1. The highest BCUT2D eigenvalue weighted by molar-refractivity contribution is 5.94. The quantitative estimate of drug-likeness (QED) is 0.431. The summed E-state index contributed by atoms with van der Waals surface area (Å²) in [4.78, 5) is 35.2. The molecule has 2 amide bonds. The first-order valence-corrected chi connectivity index (χ1v) is 12.3. The van der Waals surface area contributed by atoms with Crippen LogP contribution in [0.5, 0.6) is 0 Å². The van der Waals surface area contributed by atoms with E-state index in [0.29, 0.717) is 24.6 Å². The van der Waals surface area contributed by atoms with E-state index in [9.17, 15) is 9.59 Å². The zero-order valence-corrected chi connectivity index (χ0v) is 21.7. The molecule has 1 aliphatic rings. The molecular formula is C26H34N8O3. The van der Waals surface area contributed by atoms with Crippen molar-refractivity contribution in [3.8, 4) is 11.3 Å². The summed E-state index contributed by atoms with van der Waals surface area (Å²) in [6.07, 6.45) is 6.76. The third kappa shape index (κ3) is 6.62. The van der Waals surface area contributed by atoms with Crippen molar-refractivity contribution in [2.24, 2.45) is 5.73 Å². The third-order valence-electron chi connectivity index (χ3n) is 6.00. The molecule has 11 heteroatoms. The summed E-state index contributed by atoms with van der Waals surface area (Å²) in [5.74, 6) is 0.230. The number of ether oxygens (including phenoxy) is 1. The molecule has 3 aromatic rings. The Kier molecular flexibility index (Phi) is 7.72. The Morgan fingerprint density at radius 2 is 1.84 bits per heavy atom. The van der Waals surface area contributed by atoms with Crippen LogP contribution in [0.1, 0.15) is 55.6 Å². The molecule has 3 heterocycles. The van der Waals surface area contributed by atoms with E-state index < -0.39 is 5.60 Å². The molecule has 0 aliphatic carbocycles. The van der Waals surface area contributed by atoms with E-state index in [1.54, 1.807) is 29.4 Å². The number of piperidine rings is 1. The van der Waals surface area contributed by atoms with E-state index in [-0.39, 0.29) is 24.7 Å². The topological polar surface area (TPSA) is 140 Å². The smallest absolute Gasteiger partial charge is 0.410 e. The first-order chi connectivity index (χ1) is 17.6. The minimum Gasteiger partial charge on any atom is -0.444 e. The Hall–Kier alpha value is -3.99. The molecule has 0 bridgehead atoms. The van der Waals surface area contributed by atoms with Crippen LogP contribution in [-0.4, -0.2) is 62.0 Å². The van der Waals surface area contributed by atoms with Crippen LogP contribution in [0.15, 0.2) is 42.9 Å². The second-order valence-corrected chi connectivity index (χ2v) is 10.0. The highest BCUT2D eigenvalue weighted by atomic mass is 16.6. The summed E-state index contributed by atoms with van der Waals surface area (Å²) in [5, 5.41) is 10.3. The molecule has 0 atom stereocenters. The highest BCUT2D eigenvalue weighted by Crippen LogP contribution is 2.26. The van der Waals surface area contributed by atoms with Crippen LogP contribution in [-0.2, 0) is 4.74 Å². The van der Waals surface area contributed by atoms with Gasteiger partial charge in [-0.05, 0) is 58.2 Å². The summed E-state index contributed by atoms with van der Waals surface area (Å²) in [5.41, 5.74) is 8.75. The number of nitrogens with zero attached hydrogens (tertiary/aromatic N) is 5. The molecule has 196 valence electrons. The lowest BCUT2D eigenvalue weighted by Gasteiger charge is -2.33. The number of nitrogens with two attached hydrogens (primary N) is 1. The van der Waals surface area contributed by atoms with Gasteiger partial charge in [0.2, 0.25) is 5.95 Å². The lowest BCUT2D eigenvalue weighted by Crippen LogP contribution is -2.42. The van der Waals surface area contributed by atoms with Crippen molar-refractivity contribution in [3.05, 3.63) is 54.0 Å². The molecule has 0 saturated carbocycles. The van der Waals surface area contributed by atoms with Crippen LogP contribution in [0.4, 0.5) is 16.4 Å². The molecule has 1 aromatic carbocycles. The van der Waals surface area contributed by atoms with Gasteiger partial charge in [0.1, 0.15) is 5.60 Å². The fourth-order valence-electron chi connectivity index (χ4n) is 4.14. The van der Waals surface area contributed by atoms with E-state index >= 15 is 0 Å². The molecule has 2 aromatic heterocycles. The van der Waals surface area contributed by atoms with E-state index in [0.717, 1.165) is 35.3 Å². The van der Waals surface area contributed by atoms with Crippen LogP contribution in [0.25, 0.3) is 11.3 Å². The summed E-state index contributed by atoms with van der Waals surface area (Å²) in [7, 11) is 0. The summed E-state index contributed by atoms with van der Waals surface area (Å²) < 4.78 is 7.41. The minimum absolute atomic E-state index is 0.0858. The predicted octanol–water partition coefficient (Wildman–Crippen LogP) is 3.61. The maximum Gasteiger partial charge on any atom is 0.410 e.